The molecule has 1 fully saturated rings. The quantitative estimate of drug-likeness (QED) is 0.820. The molecule has 3 rings (SSSR count). The Bertz CT molecular complexity index is 767. The second-order valence-corrected chi connectivity index (χ2v) is 6.30. The van der Waals surface area contributed by atoms with Crippen LogP contribution >= 0.6 is 0 Å². The number of rotatable bonds is 3. The minimum absolute atomic E-state index is 0.216. The summed E-state index contributed by atoms with van der Waals surface area (Å²) in [6.45, 7) is 2.31. The maximum Gasteiger partial charge on any atom is 0.416 e. The fourth-order valence-corrected chi connectivity index (χ4v) is 2.92. The molecule has 0 atom stereocenters. The molecular weight excluding hydrogens is 362 g/mol. The van der Waals surface area contributed by atoms with E-state index in [0.29, 0.717) is 38.4 Å². The van der Waals surface area contributed by atoms with Gasteiger partial charge in [-0.25, -0.2) is 9.18 Å². The largest absolute Gasteiger partial charge is 0.416 e. The van der Waals surface area contributed by atoms with Crippen molar-refractivity contribution in [1.29, 1.82) is 0 Å². The van der Waals surface area contributed by atoms with Crippen LogP contribution in [0.5, 0.6) is 0 Å². The summed E-state index contributed by atoms with van der Waals surface area (Å²) >= 11 is 0. The van der Waals surface area contributed by atoms with Crippen molar-refractivity contribution in [3.8, 4) is 0 Å². The Hall–Kier alpha value is -2.77. The van der Waals surface area contributed by atoms with Gasteiger partial charge in [0, 0.05) is 38.4 Å². The molecule has 0 unspecified atom stereocenters. The molecule has 8 heteroatoms. The first-order valence-corrected chi connectivity index (χ1v) is 8.52. The van der Waals surface area contributed by atoms with Crippen LogP contribution in [0.1, 0.15) is 11.1 Å². The Morgan fingerprint density at radius 3 is 2.07 bits per heavy atom. The highest BCUT2D eigenvalue weighted by atomic mass is 19.4. The molecule has 1 heterocycles. The van der Waals surface area contributed by atoms with Gasteiger partial charge in [0.05, 0.1) is 5.56 Å². The van der Waals surface area contributed by atoms with Gasteiger partial charge in [-0.2, -0.15) is 13.2 Å². The summed E-state index contributed by atoms with van der Waals surface area (Å²) in [6, 6.07) is 10.7. The highest BCUT2D eigenvalue weighted by Crippen LogP contribution is 2.30. The number of nitrogens with zero attached hydrogens (tertiary/aromatic N) is 2. The van der Waals surface area contributed by atoms with Gasteiger partial charge in [0.2, 0.25) is 0 Å². The van der Waals surface area contributed by atoms with Gasteiger partial charge in [-0.3, -0.25) is 0 Å². The lowest BCUT2D eigenvalue weighted by molar-refractivity contribution is -0.137. The molecule has 1 aliphatic rings. The number of piperazine rings is 1. The number of carbonyl (C=O) groups is 1. The lowest BCUT2D eigenvalue weighted by atomic mass is 10.1. The van der Waals surface area contributed by atoms with E-state index in [0.717, 1.165) is 17.7 Å². The number of amides is 2. The van der Waals surface area contributed by atoms with E-state index in [1.807, 2.05) is 4.90 Å². The minimum Gasteiger partial charge on any atom is -0.368 e. The van der Waals surface area contributed by atoms with Crippen LogP contribution in [-0.2, 0) is 12.7 Å². The third kappa shape index (κ3) is 4.90. The Morgan fingerprint density at radius 1 is 0.926 bits per heavy atom. The molecule has 4 nitrogen and oxygen atoms in total. The molecule has 0 aliphatic carbocycles. The molecule has 144 valence electrons. The molecule has 0 bridgehead atoms. The molecule has 27 heavy (non-hydrogen) atoms. The van der Waals surface area contributed by atoms with Crippen molar-refractivity contribution >= 4 is 11.7 Å². The summed E-state index contributed by atoms with van der Waals surface area (Å²) < 4.78 is 50.8. The van der Waals surface area contributed by atoms with E-state index < -0.39 is 11.7 Å². The van der Waals surface area contributed by atoms with Gasteiger partial charge >= 0.3 is 12.2 Å². The number of hydrogen-bond donors (Lipinski definition) is 1. The molecule has 1 N–H and O–H groups in total. The second kappa shape index (κ2) is 7.85. The number of nitrogens with one attached hydrogen (secondary N) is 1. The van der Waals surface area contributed by atoms with Gasteiger partial charge in [-0.15, -0.1) is 0 Å². The van der Waals surface area contributed by atoms with E-state index in [9.17, 15) is 22.4 Å². The monoisotopic (exact) mass is 381 g/mol. The van der Waals surface area contributed by atoms with Crippen LogP contribution in [0.3, 0.4) is 0 Å². The molecular formula is C19H19F4N3O. The van der Waals surface area contributed by atoms with Gasteiger partial charge < -0.3 is 15.1 Å². The summed E-state index contributed by atoms with van der Waals surface area (Å²) in [5, 5.41) is 2.79. The van der Waals surface area contributed by atoms with E-state index in [1.54, 1.807) is 17.0 Å². The summed E-state index contributed by atoms with van der Waals surface area (Å²) in [5.74, 6) is -0.329. The van der Waals surface area contributed by atoms with Gasteiger partial charge in [-0.1, -0.05) is 12.1 Å². The topological polar surface area (TPSA) is 35.6 Å². The number of halogens is 4. The van der Waals surface area contributed by atoms with E-state index in [4.69, 9.17) is 0 Å². The second-order valence-electron chi connectivity index (χ2n) is 6.30. The number of hydrogen-bond acceptors (Lipinski definition) is 2. The van der Waals surface area contributed by atoms with Crippen molar-refractivity contribution in [3.05, 3.63) is 65.5 Å². The zero-order chi connectivity index (χ0) is 19.4. The minimum atomic E-state index is -4.35. The highest BCUT2D eigenvalue weighted by Gasteiger charge is 2.30. The zero-order valence-electron chi connectivity index (χ0n) is 14.5. The van der Waals surface area contributed by atoms with Crippen LogP contribution in [-0.4, -0.2) is 37.1 Å². The van der Waals surface area contributed by atoms with Crippen molar-refractivity contribution < 1.29 is 22.4 Å². The maximum absolute atomic E-state index is 12.9. The average Bonchev–Trinajstić information content (AvgIpc) is 2.67. The van der Waals surface area contributed by atoms with Gasteiger partial charge in [0.1, 0.15) is 5.82 Å². The molecule has 0 aromatic heterocycles. The van der Waals surface area contributed by atoms with Crippen LogP contribution in [0.25, 0.3) is 0 Å². The number of alkyl halides is 3. The molecule has 0 saturated carbocycles. The first kappa shape index (κ1) is 19.0. The number of carbonyl (C=O) groups excluding carboxylic acids is 1. The van der Waals surface area contributed by atoms with Gasteiger partial charge in [-0.05, 0) is 42.0 Å². The van der Waals surface area contributed by atoms with Gasteiger partial charge in [0.15, 0.2) is 0 Å². The van der Waals surface area contributed by atoms with Crippen molar-refractivity contribution in [2.24, 2.45) is 0 Å². The Balaban J connectivity index is 1.49. The summed E-state index contributed by atoms with van der Waals surface area (Å²) in [7, 11) is 0. The summed E-state index contributed by atoms with van der Waals surface area (Å²) in [4.78, 5) is 15.8. The summed E-state index contributed by atoms with van der Waals surface area (Å²) in [6.07, 6.45) is -4.35. The first-order chi connectivity index (χ1) is 12.8. The van der Waals surface area contributed by atoms with Crippen LogP contribution in [0, 0.1) is 5.82 Å². The Kier molecular flexibility index (Phi) is 5.53. The van der Waals surface area contributed by atoms with E-state index in [-0.39, 0.29) is 11.8 Å². The lowest BCUT2D eigenvalue weighted by Gasteiger charge is -2.36. The third-order valence-corrected chi connectivity index (χ3v) is 4.48. The normalized spacial score (nSPS) is 15.0. The number of urea groups is 1. The predicted octanol–water partition coefficient (Wildman–Crippen LogP) is 3.88. The molecule has 0 spiro atoms. The Labute approximate surface area is 154 Å². The van der Waals surface area contributed by atoms with E-state index >= 15 is 0 Å². The smallest absolute Gasteiger partial charge is 0.368 e. The van der Waals surface area contributed by atoms with Crippen molar-refractivity contribution in [2.45, 2.75) is 12.7 Å². The Morgan fingerprint density at radius 2 is 1.52 bits per heavy atom. The highest BCUT2D eigenvalue weighted by molar-refractivity contribution is 5.74. The molecule has 2 aromatic rings. The van der Waals surface area contributed by atoms with Crippen LogP contribution in [0.4, 0.5) is 28.0 Å². The molecule has 0 radical (unpaired) electrons. The van der Waals surface area contributed by atoms with Gasteiger partial charge in [0.25, 0.3) is 0 Å². The SMILES string of the molecule is O=C(NCc1ccc(F)cc1)N1CCN(c2ccc(C(F)(F)F)cc2)CC1. The predicted molar refractivity (Wildman–Crippen MR) is 93.9 cm³/mol. The van der Waals surface area contributed by atoms with Crippen LogP contribution < -0.4 is 10.2 Å². The fourth-order valence-electron chi connectivity index (χ4n) is 2.92. The van der Waals surface area contributed by atoms with Crippen molar-refractivity contribution in [1.82, 2.24) is 10.2 Å². The first-order valence-electron chi connectivity index (χ1n) is 8.52. The average molecular weight is 381 g/mol. The molecule has 2 aromatic carbocycles. The number of benzene rings is 2. The van der Waals surface area contributed by atoms with E-state index in [1.165, 1.54) is 24.3 Å². The zero-order valence-corrected chi connectivity index (χ0v) is 14.5. The molecule has 1 saturated heterocycles. The molecule has 2 amide bonds. The third-order valence-electron chi connectivity index (χ3n) is 4.48. The van der Waals surface area contributed by atoms with Crippen molar-refractivity contribution in [3.63, 3.8) is 0 Å². The maximum atomic E-state index is 12.9. The standard InChI is InChI=1S/C19H19F4N3O/c20-16-5-1-14(2-6-16)13-24-18(27)26-11-9-25(10-12-26)17-7-3-15(4-8-17)19(21,22)23/h1-8H,9-13H2,(H,24,27). The van der Waals surface area contributed by atoms with Crippen LogP contribution in [0.2, 0.25) is 0 Å². The van der Waals surface area contributed by atoms with E-state index in [2.05, 4.69) is 5.32 Å². The number of anilines is 1. The lowest BCUT2D eigenvalue weighted by Crippen LogP contribution is -2.51. The van der Waals surface area contributed by atoms with Crippen LogP contribution in [0.15, 0.2) is 48.5 Å². The van der Waals surface area contributed by atoms with Crippen molar-refractivity contribution in [2.75, 3.05) is 31.1 Å². The molecule has 1 aliphatic heterocycles. The summed E-state index contributed by atoms with van der Waals surface area (Å²) in [5.41, 5.74) is 0.826. The fraction of sp³-hybridized carbons (Fsp3) is 0.316.